The summed E-state index contributed by atoms with van der Waals surface area (Å²) < 4.78 is 68.0. The zero-order valence-corrected chi connectivity index (χ0v) is 8.99. The van der Waals surface area contributed by atoms with Crippen LogP contribution in [0.1, 0.15) is 32.6 Å². The third-order valence-electron chi connectivity index (χ3n) is 2.95. The van der Waals surface area contributed by atoms with Crippen molar-refractivity contribution >= 4 is 0 Å². The molecule has 1 fully saturated rings. The van der Waals surface area contributed by atoms with Crippen LogP contribution in [-0.2, 0) is 4.74 Å². The van der Waals surface area contributed by atoms with E-state index in [1.807, 2.05) is 0 Å². The minimum absolute atomic E-state index is 0.0534. The first-order chi connectivity index (χ1) is 7.27. The second kappa shape index (κ2) is 4.85. The number of hydrogen-bond acceptors (Lipinski definition) is 1. The predicted molar refractivity (Wildman–Crippen MR) is 48.1 cm³/mol. The molecule has 1 aliphatic rings. The molecular weight excluding hydrogens is 231 g/mol. The van der Waals surface area contributed by atoms with Crippen molar-refractivity contribution in [2.75, 3.05) is 6.61 Å². The molecular formula is C10H15F5O. The zero-order valence-electron chi connectivity index (χ0n) is 8.99. The lowest BCUT2D eigenvalue weighted by atomic mass is 9.80. The summed E-state index contributed by atoms with van der Waals surface area (Å²) in [6.45, 7) is 1.21. The molecule has 6 heteroatoms. The number of hydrogen-bond donors (Lipinski definition) is 0. The Bertz CT molecular complexity index is 226. The Balaban J connectivity index is 2.63. The summed E-state index contributed by atoms with van der Waals surface area (Å²) in [6.07, 6.45) is -8.12. The SMILES string of the molecule is CCOC(F)(F)C1CCCC(C(F)(F)F)C1. The number of rotatable bonds is 3. The van der Waals surface area contributed by atoms with Gasteiger partial charge in [-0.1, -0.05) is 6.42 Å². The summed E-state index contributed by atoms with van der Waals surface area (Å²) in [4.78, 5) is 0. The average Bonchev–Trinajstić information content (AvgIpc) is 2.16. The van der Waals surface area contributed by atoms with Crippen LogP contribution in [0.5, 0.6) is 0 Å². The first-order valence-electron chi connectivity index (χ1n) is 5.36. The van der Waals surface area contributed by atoms with E-state index in [1.54, 1.807) is 0 Å². The molecule has 1 aliphatic carbocycles. The molecule has 2 unspecified atom stereocenters. The number of ether oxygens (including phenoxy) is 1. The Hall–Kier alpha value is -0.390. The summed E-state index contributed by atoms with van der Waals surface area (Å²) in [6, 6.07) is 0. The second-order valence-electron chi connectivity index (χ2n) is 4.10. The smallest absolute Gasteiger partial charge is 0.321 e. The summed E-state index contributed by atoms with van der Waals surface area (Å²) in [5, 5.41) is 0. The highest BCUT2D eigenvalue weighted by Gasteiger charge is 2.49. The molecule has 16 heavy (non-hydrogen) atoms. The molecule has 0 N–H and O–H groups in total. The van der Waals surface area contributed by atoms with Gasteiger partial charge in [0.15, 0.2) is 0 Å². The molecule has 0 radical (unpaired) electrons. The minimum Gasteiger partial charge on any atom is -0.321 e. The van der Waals surface area contributed by atoms with E-state index in [0.29, 0.717) is 0 Å². The van der Waals surface area contributed by atoms with Gasteiger partial charge in [-0.15, -0.1) is 0 Å². The van der Waals surface area contributed by atoms with E-state index < -0.39 is 30.5 Å². The molecule has 0 bridgehead atoms. The van der Waals surface area contributed by atoms with Crippen LogP contribution in [0.4, 0.5) is 22.0 Å². The Kier molecular flexibility index (Phi) is 4.15. The molecule has 0 aliphatic heterocycles. The van der Waals surface area contributed by atoms with Crippen molar-refractivity contribution in [3.05, 3.63) is 0 Å². The standard InChI is InChI=1S/C10H15F5O/c1-2-16-10(14,15)8-5-3-4-7(6-8)9(11,12)13/h7-8H,2-6H2,1H3. The van der Waals surface area contributed by atoms with Gasteiger partial charge in [0.2, 0.25) is 0 Å². The van der Waals surface area contributed by atoms with Crippen molar-refractivity contribution in [1.29, 1.82) is 0 Å². The normalized spacial score (nSPS) is 28.1. The van der Waals surface area contributed by atoms with Crippen LogP contribution in [0.15, 0.2) is 0 Å². The zero-order chi connectivity index (χ0) is 12.4. The van der Waals surface area contributed by atoms with Gasteiger partial charge >= 0.3 is 12.3 Å². The van der Waals surface area contributed by atoms with Crippen LogP contribution in [0, 0.1) is 11.8 Å². The average molecular weight is 246 g/mol. The third-order valence-corrected chi connectivity index (χ3v) is 2.95. The van der Waals surface area contributed by atoms with Crippen molar-refractivity contribution in [2.45, 2.75) is 44.9 Å². The first-order valence-corrected chi connectivity index (χ1v) is 5.36. The van der Waals surface area contributed by atoms with Gasteiger partial charge < -0.3 is 4.74 Å². The molecule has 0 aromatic heterocycles. The summed E-state index contributed by atoms with van der Waals surface area (Å²) in [5.41, 5.74) is 0. The van der Waals surface area contributed by atoms with E-state index in [9.17, 15) is 22.0 Å². The molecule has 0 spiro atoms. The van der Waals surface area contributed by atoms with Crippen LogP contribution >= 0.6 is 0 Å². The van der Waals surface area contributed by atoms with Crippen molar-refractivity contribution < 1.29 is 26.7 Å². The Morgan fingerprint density at radius 3 is 2.12 bits per heavy atom. The largest absolute Gasteiger partial charge is 0.391 e. The van der Waals surface area contributed by atoms with Gasteiger partial charge in [0.1, 0.15) is 0 Å². The Morgan fingerprint density at radius 1 is 1.06 bits per heavy atom. The highest BCUT2D eigenvalue weighted by molar-refractivity contribution is 4.81. The van der Waals surface area contributed by atoms with Crippen LogP contribution in [0.3, 0.4) is 0 Å². The van der Waals surface area contributed by atoms with Gasteiger partial charge in [0.25, 0.3) is 0 Å². The highest BCUT2D eigenvalue weighted by atomic mass is 19.4. The molecule has 0 heterocycles. The molecule has 1 rings (SSSR count). The van der Waals surface area contributed by atoms with E-state index in [0.717, 1.165) is 0 Å². The number of halogens is 5. The monoisotopic (exact) mass is 246 g/mol. The van der Waals surface area contributed by atoms with Crippen LogP contribution in [0.25, 0.3) is 0 Å². The first kappa shape index (κ1) is 13.7. The van der Waals surface area contributed by atoms with Gasteiger partial charge in [0.05, 0.1) is 18.4 Å². The predicted octanol–water partition coefficient (Wildman–Crippen LogP) is 3.98. The number of alkyl halides is 5. The van der Waals surface area contributed by atoms with Gasteiger partial charge in [-0.2, -0.15) is 22.0 Å². The molecule has 0 amide bonds. The summed E-state index contributed by atoms with van der Waals surface area (Å²) >= 11 is 0. The lowest BCUT2D eigenvalue weighted by molar-refractivity contribution is -0.285. The molecule has 0 aromatic rings. The highest BCUT2D eigenvalue weighted by Crippen LogP contribution is 2.45. The van der Waals surface area contributed by atoms with Gasteiger partial charge in [-0.3, -0.25) is 0 Å². The Morgan fingerprint density at radius 2 is 1.62 bits per heavy atom. The molecule has 2 atom stereocenters. The third kappa shape index (κ3) is 3.30. The molecule has 1 nitrogen and oxygen atoms in total. The minimum atomic E-state index is -4.37. The fourth-order valence-electron chi connectivity index (χ4n) is 2.10. The lowest BCUT2D eigenvalue weighted by Crippen LogP contribution is -2.38. The maximum atomic E-state index is 13.3. The fourth-order valence-corrected chi connectivity index (χ4v) is 2.10. The van der Waals surface area contributed by atoms with Crippen molar-refractivity contribution in [1.82, 2.24) is 0 Å². The van der Waals surface area contributed by atoms with Gasteiger partial charge in [-0.05, 0) is 26.2 Å². The van der Waals surface area contributed by atoms with Gasteiger partial charge in [-0.25, -0.2) is 0 Å². The Labute approximate surface area is 91.0 Å². The van der Waals surface area contributed by atoms with E-state index in [1.165, 1.54) is 6.92 Å². The van der Waals surface area contributed by atoms with E-state index in [-0.39, 0.29) is 25.9 Å². The second-order valence-corrected chi connectivity index (χ2v) is 4.10. The molecule has 0 aromatic carbocycles. The lowest BCUT2D eigenvalue weighted by Gasteiger charge is -2.34. The molecule has 1 saturated carbocycles. The molecule has 0 saturated heterocycles. The summed E-state index contributed by atoms with van der Waals surface area (Å²) in [5.74, 6) is -2.93. The molecule has 96 valence electrons. The van der Waals surface area contributed by atoms with E-state index >= 15 is 0 Å². The van der Waals surface area contributed by atoms with Gasteiger partial charge in [0, 0.05) is 0 Å². The van der Waals surface area contributed by atoms with Crippen LogP contribution in [-0.4, -0.2) is 18.9 Å². The maximum Gasteiger partial charge on any atom is 0.391 e. The maximum absolute atomic E-state index is 13.3. The summed E-state index contributed by atoms with van der Waals surface area (Å²) in [7, 11) is 0. The van der Waals surface area contributed by atoms with E-state index in [2.05, 4.69) is 4.74 Å². The van der Waals surface area contributed by atoms with Crippen molar-refractivity contribution in [3.63, 3.8) is 0 Å². The topological polar surface area (TPSA) is 9.23 Å². The van der Waals surface area contributed by atoms with Crippen LogP contribution < -0.4 is 0 Å². The fraction of sp³-hybridized carbons (Fsp3) is 1.00. The quantitative estimate of drug-likeness (QED) is 0.684. The van der Waals surface area contributed by atoms with E-state index in [4.69, 9.17) is 0 Å². The van der Waals surface area contributed by atoms with Crippen molar-refractivity contribution in [2.24, 2.45) is 11.8 Å². The van der Waals surface area contributed by atoms with Crippen LogP contribution in [0.2, 0.25) is 0 Å². The van der Waals surface area contributed by atoms with Crippen molar-refractivity contribution in [3.8, 4) is 0 Å².